The zero-order valence-electron chi connectivity index (χ0n) is 16.4. The van der Waals surface area contributed by atoms with Crippen LogP contribution in [0.5, 0.6) is 0 Å². The lowest BCUT2D eigenvalue weighted by molar-refractivity contribution is -0.162. The summed E-state index contributed by atoms with van der Waals surface area (Å²) in [5, 5.41) is 11.9. The third-order valence-electron chi connectivity index (χ3n) is 3.96. The molecule has 2 aliphatic heterocycles. The van der Waals surface area contributed by atoms with E-state index in [0.717, 1.165) is 4.90 Å². The van der Waals surface area contributed by atoms with Crippen molar-refractivity contribution in [2.24, 2.45) is 0 Å². The molecular weight excluding hydrogens is 356 g/mol. The predicted molar refractivity (Wildman–Crippen MR) is 93.5 cm³/mol. The molecule has 0 radical (unpaired) electrons. The van der Waals surface area contributed by atoms with Gasteiger partial charge in [0.15, 0.2) is 0 Å². The third-order valence-corrected chi connectivity index (χ3v) is 3.96. The Morgan fingerprint density at radius 1 is 1.07 bits per heavy atom. The van der Waals surface area contributed by atoms with E-state index >= 15 is 0 Å². The molecule has 0 saturated carbocycles. The minimum absolute atomic E-state index is 0.0881. The number of β-lactam (4-membered cyclic amide) rings is 1. The number of alkyl carbamates (subject to hydrolysis) is 1. The first-order chi connectivity index (χ1) is 12.2. The molecule has 2 N–H and O–H groups in total. The molecule has 9 nitrogen and oxygen atoms in total. The summed E-state index contributed by atoms with van der Waals surface area (Å²) >= 11 is 0. The van der Waals surface area contributed by atoms with E-state index in [1.54, 1.807) is 41.5 Å². The number of carboxylic acids is 1. The average Bonchev–Trinajstić information content (AvgIpc) is 2.47. The lowest BCUT2D eigenvalue weighted by atomic mass is 9.83. The molecule has 0 unspecified atom stereocenters. The molecule has 150 valence electrons. The topological polar surface area (TPSA) is 122 Å². The van der Waals surface area contributed by atoms with Crippen molar-refractivity contribution in [3.63, 3.8) is 0 Å². The summed E-state index contributed by atoms with van der Waals surface area (Å²) in [5.41, 5.74) is -1.99. The van der Waals surface area contributed by atoms with E-state index < -0.39 is 47.2 Å². The highest BCUT2D eigenvalue weighted by Gasteiger charge is 2.55. The molecule has 1 fully saturated rings. The molecule has 2 atom stereocenters. The first-order valence-corrected chi connectivity index (χ1v) is 8.73. The molecular formula is C18H26N2O7. The molecule has 2 aliphatic rings. The Kier molecular flexibility index (Phi) is 5.27. The van der Waals surface area contributed by atoms with Gasteiger partial charge in [-0.1, -0.05) is 0 Å². The van der Waals surface area contributed by atoms with E-state index in [4.69, 9.17) is 9.47 Å². The fraction of sp³-hybridized carbons (Fsp3) is 0.667. The van der Waals surface area contributed by atoms with E-state index in [1.165, 1.54) is 0 Å². The van der Waals surface area contributed by atoms with Gasteiger partial charge in [-0.2, -0.15) is 0 Å². The van der Waals surface area contributed by atoms with Crippen LogP contribution in [-0.4, -0.2) is 57.2 Å². The molecule has 27 heavy (non-hydrogen) atoms. The van der Waals surface area contributed by atoms with Gasteiger partial charge in [0.2, 0.25) is 0 Å². The number of carboxylic acid groups (broad SMARTS) is 1. The zero-order chi connectivity index (χ0) is 20.7. The van der Waals surface area contributed by atoms with Gasteiger partial charge in [-0.05, 0) is 54.4 Å². The molecule has 1 saturated heterocycles. The van der Waals surface area contributed by atoms with Crippen LogP contribution in [-0.2, 0) is 23.9 Å². The fourth-order valence-corrected chi connectivity index (χ4v) is 3.02. The van der Waals surface area contributed by atoms with Crippen LogP contribution in [0.1, 0.15) is 54.4 Å². The number of fused-ring (bicyclic) bond motifs is 1. The second kappa shape index (κ2) is 6.86. The van der Waals surface area contributed by atoms with Crippen LogP contribution in [0.3, 0.4) is 0 Å². The van der Waals surface area contributed by atoms with Gasteiger partial charge in [0.1, 0.15) is 22.9 Å². The second-order valence-corrected chi connectivity index (χ2v) is 8.57. The van der Waals surface area contributed by atoms with Crippen molar-refractivity contribution in [1.82, 2.24) is 10.2 Å². The second-order valence-electron chi connectivity index (χ2n) is 8.57. The molecule has 0 bridgehead atoms. The van der Waals surface area contributed by atoms with Crippen molar-refractivity contribution in [3.05, 3.63) is 11.3 Å². The van der Waals surface area contributed by atoms with Gasteiger partial charge in [0.25, 0.3) is 5.91 Å². The molecule has 2 heterocycles. The molecule has 0 aromatic rings. The Hall–Kier alpha value is -2.58. The number of amides is 2. The lowest BCUT2D eigenvalue weighted by Crippen LogP contribution is -2.72. The number of ether oxygens (including phenoxy) is 2. The molecule has 0 aliphatic carbocycles. The Morgan fingerprint density at radius 2 is 1.63 bits per heavy atom. The van der Waals surface area contributed by atoms with Crippen LogP contribution in [0.2, 0.25) is 0 Å². The van der Waals surface area contributed by atoms with Gasteiger partial charge in [-0.15, -0.1) is 0 Å². The standard InChI is InChI=1S/C18H26N2O7/c1-17(2,3)26-15(24)12-9(14(22)23)7-8-10-11(13(21)20(10)12)19-16(25)27-18(4,5)6/h10-11H,7-8H2,1-6H3,(H,19,25)(H,22,23)/t10-,11+/m1/s1. The number of hydrogen-bond donors (Lipinski definition) is 2. The smallest absolute Gasteiger partial charge is 0.408 e. The van der Waals surface area contributed by atoms with Crippen LogP contribution in [0.25, 0.3) is 0 Å². The van der Waals surface area contributed by atoms with Gasteiger partial charge in [-0.25, -0.2) is 14.4 Å². The summed E-state index contributed by atoms with van der Waals surface area (Å²) < 4.78 is 10.4. The maximum Gasteiger partial charge on any atom is 0.408 e. The van der Waals surface area contributed by atoms with Gasteiger partial charge >= 0.3 is 18.0 Å². The zero-order valence-corrected chi connectivity index (χ0v) is 16.4. The maximum absolute atomic E-state index is 12.6. The number of nitrogens with one attached hydrogen (secondary N) is 1. The van der Waals surface area contributed by atoms with Crippen LogP contribution in [0.15, 0.2) is 11.3 Å². The number of nitrogens with zero attached hydrogens (tertiary/aromatic N) is 1. The summed E-state index contributed by atoms with van der Waals surface area (Å²) in [7, 11) is 0. The quantitative estimate of drug-likeness (QED) is 0.561. The summed E-state index contributed by atoms with van der Waals surface area (Å²) in [5.74, 6) is -2.70. The monoisotopic (exact) mass is 382 g/mol. The molecule has 2 rings (SSSR count). The summed E-state index contributed by atoms with van der Waals surface area (Å²) in [6.45, 7) is 10.0. The number of esters is 1. The van der Waals surface area contributed by atoms with E-state index in [9.17, 15) is 24.3 Å². The minimum Gasteiger partial charge on any atom is -0.478 e. The van der Waals surface area contributed by atoms with Crippen LogP contribution in [0.4, 0.5) is 4.79 Å². The minimum atomic E-state index is -1.27. The molecule has 2 amide bonds. The molecule has 0 spiro atoms. The molecule has 9 heteroatoms. The number of carbonyl (C=O) groups is 4. The first kappa shape index (κ1) is 20.7. The van der Waals surface area contributed by atoms with Gasteiger partial charge in [-0.3, -0.25) is 9.69 Å². The van der Waals surface area contributed by atoms with Crippen LogP contribution < -0.4 is 5.32 Å². The fourth-order valence-electron chi connectivity index (χ4n) is 3.02. The maximum atomic E-state index is 12.6. The van der Waals surface area contributed by atoms with Crippen molar-refractivity contribution in [1.29, 1.82) is 0 Å². The SMILES string of the molecule is CC(C)(C)OC(=O)N[C@@H]1C(=O)N2C(C(=O)OC(C)(C)C)=C(C(=O)O)CC[C@H]12. The van der Waals surface area contributed by atoms with Crippen LogP contribution in [0, 0.1) is 0 Å². The van der Waals surface area contributed by atoms with Gasteiger partial charge in [0, 0.05) is 0 Å². The van der Waals surface area contributed by atoms with Crippen molar-refractivity contribution in [2.45, 2.75) is 77.7 Å². The summed E-state index contributed by atoms with van der Waals surface area (Å²) in [6.07, 6.45) is -0.349. The molecule has 0 aromatic carbocycles. The lowest BCUT2D eigenvalue weighted by Gasteiger charge is -2.50. The number of aliphatic carboxylic acids is 1. The summed E-state index contributed by atoms with van der Waals surface area (Å²) in [4.78, 5) is 49.7. The van der Waals surface area contributed by atoms with E-state index in [-0.39, 0.29) is 17.7 Å². The average molecular weight is 382 g/mol. The third kappa shape index (κ3) is 4.58. The Morgan fingerprint density at radius 3 is 2.11 bits per heavy atom. The Bertz CT molecular complexity index is 712. The van der Waals surface area contributed by atoms with Gasteiger partial charge < -0.3 is 19.9 Å². The summed E-state index contributed by atoms with van der Waals surface area (Å²) in [6, 6.07) is -1.39. The Labute approximate surface area is 157 Å². The predicted octanol–water partition coefficient (Wildman–Crippen LogP) is 1.56. The number of hydrogen-bond acceptors (Lipinski definition) is 6. The van der Waals surface area contributed by atoms with Crippen LogP contribution >= 0.6 is 0 Å². The van der Waals surface area contributed by atoms with E-state index in [2.05, 4.69) is 5.32 Å². The number of rotatable bonds is 3. The molecule has 0 aromatic heterocycles. The van der Waals surface area contributed by atoms with Crippen molar-refractivity contribution >= 4 is 23.9 Å². The van der Waals surface area contributed by atoms with Crippen molar-refractivity contribution < 1.29 is 33.8 Å². The largest absolute Gasteiger partial charge is 0.478 e. The highest BCUT2D eigenvalue weighted by molar-refractivity contribution is 6.06. The van der Waals surface area contributed by atoms with Gasteiger partial charge in [0.05, 0.1) is 11.6 Å². The first-order valence-electron chi connectivity index (χ1n) is 8.73. The highest BCUT2D eigenvalue weighted by atomic mass is 16.6. The number of carbonyl (C=O) groups excluding carboxylic acids is 3. The van der Waals surface area contributed by atoms with Crippen molar-refractivity contribution in [2.75, 3.05) is 0 Å². The van der Waals surface area contributed by atoms with E-state index in [1.807, 2.05) is 0 Å². The van der Waals surface area contributed by atoms with E-state index in [0.29, 0.717) is 6.42 Å². The van der Waals surface area contributed by atoms with Crippen molar-refractivity contribution in [3.8, 4) is 0 Å². The Balaban J connectivity index is 2.23. The normalized spacial score (nSPS) is 22.6. The highest BCUT2D eigenvalue weighted by Crippen LogP contribution is 2.37.